The first kappa shape index (κ1) is 13.4. The van der Waals surface area contributed by atoms with Gasteiger partial charge in [0.1, 0.15) is 12.1 Å². The minimum atomic E-state index is 0.710. The van der Waals surface area contributed by atoms with Crippen molar-refractivity contribution in [2.75, 3.05) is 11.1 Å². The van der Waals surface area contributed by atoms with Crippen molar-refractivity contribution in [3.05, 3.63) is 54.4 Å². The molecule has 1 heterocycles. The van der Waals surface area contributed by atoms with E-state index < -0.39 is 0 Å². The normalized spacial score (nSPS) is 10.7. The number of benzene rings is 2. The maximum atomic E-state index is 5.88. The van der Waals surface area contributed by atoms with Crippen LogP contribution >= 0.6 is 0 Å². The van der Waals surface area contributed by atoms with E-state index in [2.05, 4.69) is 40.4 Å². The second-order valence-corrected chi connectivity index (χ2v) is 5.03. The van der Waals surface area contributed by atoms with E-state index in [0.717, 1.165) is 35.2 Å². The highest BCUT2D eigenvalue weighted by Crippen LogP contribution is 2.26. The molecule has 3 N–H and O–H groups in total. The third-order valence-electron chi connectivity index (χ3n) is 3.45. The summed E-state index contributed by atoms with van der Waals surface area (Å²) in [5.41, 5.74) is 9.85. The molecule has 0 saturated carbocycles. The van der Waals surface area contributed by atoms with Crippen LogP contribution in [0.5, 0.6) is 0 Å². The number of para-hydroxylation sites is 1. The van der Waals surface area contributed by atoms with Gasteiger partial charge in [-0.15, -0.1) is 0 Å². The molecule has 4 heteroatoms. The number of nitrogens with zero attached hydrogens (tertiary/aromatic N) is 2. The molecule has 106 valence electrons. The van der Waals surface area contributed by atoms with Crippen LogP contribution < -0.4 is 11.1 Å². The molecule has 0 fully saturated rings. The number of rotatable bonds is 4. The van der Waals surface area contributed by atoms with Gasteiger partial charge < -0.3 is 11.1 Å². The third-order valence-corrected chi connectivity index (χ3v) is 3.45. The van der Waals surface area contributed by atoms with Gasteiger partial charge in [0.2, 0.25) is 0 Å². The Kier molecular flexibility index (Phi) is 3.69. The lowest BCUT2D eigenvalue weighted by molar-refractivity contribution is 0.923. The highest BCUT2D eigenvalue weighted by molar-refractivity contribution is 5.92. The van der Waals surface area contributed by atoms with E-state index in [9.17, 15) is 0 Å². The average Bonchev–Trinajstić information content (AvgIpc) is 2.50. The van der Waals surface area contributed by atoms with Gasteiger partial charge in [0.25, 0.3) is 0 Å². The largest absolute Gasteiger partial charge is 0.399 e. The Bertz CT molecular complexity index is 768. The first-order valence-corrected chi connectivity index (χ1v) is 7.13. The van der Waals surface area contributed by atoms with Gasteiger partial charge in [-0.3, -0.25) is 0 Å². The van der Waals surface area contributed by atoms with Gasteiger partial charge in [-0.1, -0.05) is 31.5 Å². The van der Waals surface area contributed by atoms with E-state index in [0.29, 0.717) is 5.69 Å². The molecule has 3 rings (SSSR count). The van der Waals surface area contributed by atoms with Crippen LogP contribution in [0.2, 0.25) is 0 Å². The number of nitrogen functional groups attached to an aromatic ring is 1. The molecule has 2 aromatic carbocycles. The Morgan fingerprint density at radius 2 is 1.95 bits per heavy atom. The van der Waals surface area contributed by atoms with E-state index in [1.807, 2.05) is 24.3 Å². The molecule has 0 aliphatic heterocycles. The predicted molar refractivity (Wildman–Crippen MR) is 87.7 cm³/mol. The number of hydrogen-bond donors (Lipinski definition) is 2. The quantitative estimate of drug-likeness (QED) is 0.710. The third kappa shape index (κ3) is 2.79. The first-order chi connectivity index (χ1) is 10.3. The topological polar surface area (TPSA) is 63.8 Å². The SMILES string of the molecule is CCCc1ccccc1Nc1ncnc2ccc(N)cc12. The zero-order valence-electron chi connectivity index (χ0n) is 12.0. The molecule has 0 amide bonds. The number of fused-ring (bicyclic) bond motifs is 1. The zero-order chi connectivity index (χ0) is 14.7. The molecule has 21 heavy (non-hydrogen) atoms. The second kappa shape index (κ2) is 5.79. The van der Waals surface area contributed by atoms with Crippen molar-refractivity contribution in [3.63, 3.8) is 0 Å². The van der Waals surface area contributed by atoms with Gasteiger partial charge in [-0.25, -0.2) is 9.97 Å². The molecule has 0 unspecified atom stereocenters. The van der Waals surface area contributed by atoms with Crippen molar-refractivity contribution in [1.29, 1.82) is 0 Å². The molecule has 0 bridgehead atoms. The van der Waals surface area contributed by atoms with Crippen molar-refractivity contribution in [2.45, 2.75) is 19.8 Å². The molecule has 1 aromatic heterocycles. The molecular weight excluding hydrogens is 260 g/mol. The van der Waals surface area contributed by atoms with Gasteiger partial charge in [0.15, 0.2) is 0 Å². The van der Waals surface area contributed by atoms with E-state index in [-0.39, 0.29) is 0 Å². The number of aryl methyl sites for hydroxylation is 1. The van der Waals surface area contributed by atoms with Gasteiger partial charge in [-0.05, 0) is 36.2 Å². The number of aromatic nitrogens is 2. The maximum absolute atomic E-state index is 5.88. The van der Waals surface area contributed by atoms with E-state index in [1.165, 1.54) is 5.56 Å². The van der Waals surface area contributed by atoms with Crippen LogP contribution in [0.1, 0.15) is 18.9 Å². The number of hydrogen-bond acceptors (Lipinski definition) is 4. The summed E-state index contributed by atoms with van der Waals surface area (Å²) in [6, 6.07) is 14.0. The monoisotopic (exact) mass is 278 g/mol. The van der Waals surface area contributed by atoms with Crippen molar-refractivity contribution in [1.82, 2.24) is 9.97 Å². The molecule has 0 aliphatic rings. The fourth-order valence-corrected chi connectivity index (χ4v) is 2.43. The molecule has 4 nitrogen and oxygen atoms in total. The van der Waals surface area contributed by atoms with E-state index >= 15 is 0 Å². The Balaban J connectivity index is 2.04. The van der Waals surface area contributed by atoms with Crippen LogP contribution in [0.15, 0.2) is 48.8 Å². The number of nitrogens with one attached hydrogen (secondary N) is 1. The maximum Gasteiger partial charge on any atom is 0.141 e. The van der Waals surface area contributed by atoms with Crippen molar-refractivity contribution < 1.29 is 0 Å². The lowest BCUT2D eigenvalue weighted by Crippen LogP contribution is -2.00. The summed E-state index contributed by atoms with van der Waals surface area (Å²) < 4.78 is 0. The Morgan fingerprint density at radius 1 is 1.10 bits per heavy atom. The summed E-state index contributed by atoms with van der Waals surface area (Å²) in [5, 5.41) is 4.35. The molecular formula is C17H18N4. The summed E-state index contributed by atoms with van der Waals surface area (Å²) in [6.07, 6.45) is 3.72. The van der Waals surface area contributed by atoms with Gasteiger partial charge >= 0.3 is 0 Å². The molecule has 0 spiro atoms. The van der Waals surface area contributed by atoms with Gasteiger partial charge in [0, 0.05) is 16.8 Å². The summed E-state index contributed by atoms with van der Waals surface area (Å²) >= 11 is 0. The van der Waals surface area contributed by atoms with Crippen molar-refractivity contribution in [2.24, 2.45) is 0 Å². The fourth-order valence-electron chi connectivity index (χ4n) is 2.43. The minimum absolute atomic E-state index is 0.710. The summed E-state index contributed by atoms with van der Waals surface area (Å²) in [6.45, 7) is 2.18. The molecule has 0 radical (unpaired) electrons. The standard InChI is InChI=1S/C17H18N4/c1-2-5-12-6-3-4-7-15(12)21-17-14-10-13(18)8-9-16(14)19-11-20-17/h3-4,6-11H,2,5,18H2,1H3,(H,19,20,21). The minimum Gasteiger partial charge on any atom is -0.399 e. The lowest BCUT2D eigenvalue weighted by atomic mass is 10.1. The van der Waals surface area contributed by atoms with Crippen LogP contribution in [0.4, 0.5) is 17.2 Å². The molecule has 0 atom stereocenters. The van der Waals surface area contributed by atoms with Gasteiger partial charge in [0.05, 0.1) is 5.52 Å². The Labute approximate surface area is 124 Å². The van der Waals surface area contributed by atoms with Crippen LogP contribution in [0.3, 0.4) is 0 Å². The zero-order valence-corrected chi connectivity index (χ0v) is 12.0. The Hall–Kier alpha value is -2.62. The van der Waals surface area contributed by atoms with E-state index in [1.54, 1.807) is 6.33 Å². The van der Waals surface area contributed by atoms with Gasteiger partial charge in [-0.2, -0.15) is 0 Å². The van der Waals surface area contributed by atoms with Crippen LogP contribution in [0, 0.1) is 0 Å². The van der Waals surface area contributed by atoms with Crippen molar-refractivity contribution >= 4 is 28.1 Å². The smallest absolute Gasteiger partial charge is 0.141 e. The average molecular weight is 278 g/mol. The number of nitrogens with two attached hydrogens (primary N) is 1. The highest BCUT2D eigenvalue weighted by atomic mass is 15.0. The fraction of sp³-hybridized carbons (Fsp3) is 0.176. The van der Waals surface area contributed by atoms with Crippen LogP contribution in [-0.2, 0) is 6.42 Å². The first-order valence-electron chi connectivity index (χ1n) is 7.13. The van der Waals surface area contributed by atoms with Crippen LogP contribution in [-0.4, -0.2) is 9.97 Å². The lowest BCUT2D eigenvalue weighted by Gasteiger charge is -2.12. The van der Waals surface area contributed by atoms with Crippen molar-refractivity contribution in [3.8, 4) is 0 Å². The van der Waals surface area contributed by atoms with Crippen LogP contribution in [0.25, 0.3) is 10.9 Å². The molecule has 0 aliphatic carbocycles. The van der Waals surface area contributed by atoms with E-state index in [4.69, 9.17) is 5.73 Å². The molecule has 3 aromatic rings. The second-order valence-electron chi connectivity index (χ2n) is 5.03. The number of anilines is 3. The summed E-state index contributed by atoms with van der Waals surface area (Å²) in [5.74, 6) is 0.788. The highest BCUT2D eigenvalue weighted by Gasteiger charge is 2.07. The summed E-state index contributed by atoms with van der Waals surface area (Å²) in [4.78, 5) is 8.64. The summed E-state index contributed by atoms with van der Waals surface area (Å²) in [7, 11) is 0. The molecule has 0 saturated heterocycles. The predicted octanol–water partition coefficient (Wildman–Crippen LogP) is 3.91. The Morgan fingerprint density at radius 3 is 2.81 bits per heavy atom.